The Hall–Kier alpha value is -2.16. The summed E-state index contributed by atoms with van der Waals surface area (Å²) >= 11 is 0. The minimum absolute atomic E-state index is 0.135. The van der Waals surface area contributed by atoms with Gasteiger partial charge in [-0.25, -0.2) is 9.78 Å². The molecule has 2 rings (SSSR count). The average Bonchev–Trinajstić information content (AvgIpc) is 2.85. The Morgan fingerprint density at radius 2 is 2.21 bits per heavy atom. The van der Waals surface area contributed by atoms with E-state index in [0.29, 0.717) is 0 Å². The second-order valence-corrected chi connectivity index (χ2v) is 4.62. The van der Waals surface area contributed by atoms with Crippen LogP contribution in [0.1, 0.15) is 40.7 Å². The van der Waals surface area contributed by atoms with Crippen LogP contribution in [-0.2, 0) is 12.8 Å². The molecule has 0 aliphatic heterocycles. The van der Waals surface area contributed by atoms with E-state index in [9.17, 15) is 4.79 Å². The van der Waals surface area contributed by atoms with Crippen molar-refractivity contribution in [1.29, 1.82) is 0 Å². The molecule has 0 amide bonds. The van der Waals surface area contributed by atoms with Gasteiger partial charge >= 0.3 is 5.97 Å². The molecule has 0 saturated carbocycles. The molecular weight excluding hydrogens is 238 g/mol. The molecule has 0 saturated heterocycles. The van der Waals surface area contributed by atoms with Crippen molar-refractivity contribution in [2.24, 2.45) is 0 Å². The fourth-order valence-electron chi connectivity index (χ4n) is 2.38. The van der Waals surface area contributed by atoms with Crippen LogP contribution in [0.3, 0.4) is 0 Å². The standard InChI is InChI=1S/C16H17NO2/c1-3-4-5-7-11(2)15-13-9-6-8-12(13)10-14(17-15)16(18)19/h3-5,7,10H,1,6,8-9H2,2H3,(H,18,19)/b5-4-,11-7+. The molecule has 0 bridgehead atoms. The van der Waals surface area contributed by atoms with E-state index in [1.807, 2.05) is 25.2 Å². The lowest BCUT2D eigenvalue weighted by atomic mass is 10.0. The summed E-state index contributed by atoms with van der Waals surface area (Å²) in [6.07, 6.45) is 10.4. The zero-order valence-corrected chi connectivity index (χ0v) is 11.0. The smallest absolute Gasteiger partial charge is 0.354 e. The predicted molar refractivity (Wildman–Crippen MR) is 76.2 cm³/mol. The molecule has 1 N–H and O–H groups in total. The molecule has 1 aromatic heterocycles. The van der Waals surface area contributed by atoms with Crippen molar-refractivity contribution in [3.05, 3.63) is 59.5 Å². The molecule has 19 heavy (non-hydrogen) atoms. The molecule has 1 heterocycles. The van der Waals surface area contributed by atoms with Gasteiger partial charge in [0.2, 0.25) is 0 Å². The van der Waals surface area contributed by atoms with Crippen molar-refractivity contribution in [3.8, 4) is 0 Å². The number of fused-ring (bicyclic) bond motifs is 1. The maximum Gasteiger partial charge on any atom is 0.354 e. The van der Waals surface area contributed by atoms with Crippen LogP contribution in [0.2, 0.25) is 0 Å². The van der Waals surface area contributed by atoms with Crippen molar-refractivity contribution < 1.29 is 9.90 Å². The van der Waals surface area contributed by atoms with Gasteiger partial charge in [-0.1, -0.05) is 30.9 Å². The lowest BCUT2D eigenvalue weighted by Crippen LogP contribution is -2.06. The van der Waals surface area contributed by atoms with Crippen LogP contribution >= 0.6 is 0 Å². The summed E-state index contributed by atoms with van der Waals surface area (Å²) in [5.41, 5.74) is 4.27. The fourth-order valence-corrected chi connectivity index (χ4v) is 2.38. The number of carbonyl (C=O) groups is 1. The lowest BCUT2D eigenvalue weighted by Gasteiger charge is -2.09. The Kier molecular flexibility index (Phi) is 3.95. The van der Waals surface area contributed by atoms with Crippen molar-refractivity contribution in [1.82, 2.24) is 4.98 Å². The van der Waals surface area contributed by atoms with E-state index in [0.717, 1.165) is 36.1 Å². The van der Waals surface area contributed by atoms with Crippen molar-refractivity contribution in [2.45, 2.75) is 26.2 Å². The summed E-state index contributed by atoms with van der Waals surface area (Å²) in [6, 6.07) is 1.71. The number of carboxylic acid groups (broad SMARTS) is 1. The molecule has 0 radical (unpaired) electrons. The highest BCUT2D eigenvalue weighted by Crippen LogP contribution is 2.29. The van der Waals surface area contributed by atoms with Gasteiger partial charge in [0.05, 0.1) is 5.69 Å². The summed E-state index contributed by atoms with van der Waals surface area (Å²) in [5, 5.41) is 9.13. The summed E-state index contributed by atoms with van der Waals surface area (Å²) in [4.78, 5) is 15.4. The number of aromatic nitrogens is 1. The third kappa shape index (κ3) is 2.81. The first-order valence-corrected chi connectivity index (χ1v) is 6.36. The second-order valence-electron chi connectivity index (χ2n) is 4.62. The SMILES string of the molecule is C=C/C=C\C=C(/C)c1nc(C(=O)O)cc2c1CCC2. The molecule has 0 atom stereocenters. The predicted octanol–water partition coefficient (Wildman–Crippen LogP) is 3.41. The van der Waals surface area contributed by atoms with Gasteiger partial charge in [-0.2, -0.15) is 0 Å². The van der Waals surface area contributed by atoms with E-state index in [1.165, 1.54) is 5.56 Å². The molecular formula is C16H17NO2. The van der Waals surface area contributed by atoms with Gasteiger partial charge < -0.3 is 5.11 Å². The zero-order chi connectivity index (χ0) is 13.8. The first-order chi connectivity index (χ1) is 9.13. The number of pyridine rings is 1. The van der Waals surface area contributed by atoms with Crippen LogP contribution in [-0.4, -0.2) is 16.1 Å². The quantitative estimate of drug-likeness (QED) is 0.839. The Balaban J connectivity index is 2.49. The number of aromatic carboxylic acids is 1. The third-order valence-corrected chi connectivity index (χ3v) is 3.28. The van der Waals surface area contributed by atoms with E-state index in [1.54, 1.807) is 12.1 Å². The monoisotopic (exact) mass is 255 g/mol. The molecule has 3 nitrogen and oxygen atoms in total. The summed E-state index contributed by atoms with van der Waals surface area (Å²) in [5.74, 6) is -0.967. The van der Waals surface area contributed by atoms with E-state index >= 15 is 0 Å². The number of rotatable bonds is 4. The molecule has 98 valence electrons. The molecule has 0 aromatic carbocycles. The van der Waals surface area contributed by atoms with Gasteiger partial charge in [-0.3, -0.25) is 0 Å². The van der Waals surface area contributed by atoms with Crippen LogP contribution in [0, 0.1) is 0 Å². The van der Waals surface area contributed by atoms with Crippen molar-refractivity contribution in [3.63, 3.8) is 0 Å². The highest BCUT2D eigenvalue weighted by Gasteiger charge is 2.20. The van der Waals surface area contributed by atoms with E-state index in [4.69, 9.17) is 5.11 Å². The first kappa shape index (κ1) is 13.3. The number of hydrogen-bond acceptors (Lipinski definition) is 2. The maximum absolute atomic E-state index is 11.1. The Labute approximate surface area is 113 Å². The Morgan fingerprint density at radius 1 is 1.42 bits per heavy atom. The van der Waals surface area contributed by atoms with Crippen LogP contribution < -0.4 is 0 Å². The van der Waals surface area contributed by atoms with Gasteiger partial charge in [0.25, 0.3) is 0 Å². The van der Waals surface area contributed by atoms with Gasteiger partial charge in [0.1, 0.15) is 5.69 Å². The van der Waals surface area contributed by atoms with Crippen LogP contribution in [0.4, 0.5) is 0 Å². The van der Waals surface area contributed by atoms with Crippen LogP contribution in [0.25, 0.3) is 5.57 Å². The number of allylic oxidation sites excluding steroid dienone is 5. The Bertz CT molecular complexity index is 583. The number of nitrogens with zero attached hydrogens (tertiary/aromatic N) is 1. The maximum atomic E-state index is 11.1. The normalized spacial score (nSPS) is 14.7. The Morgan fingerprint density at radius 3 is 2.89 bits per heavy atom. The van der Waals surface area contributed by atoms with Crippen molar-refractivity contribution in [2.75, 3.05) is 0 Å². The molecule has 3 heteroatoms. The van der Waals surface area contributed by atoms with Crippen molar-refractivity contribution >= 4 is 11.5 Å². The van der Waals surface area contributed by atoms with Gasteiger partial charge in [0, 0.05) is 0 Å². The highest BCUT2D eigenvalue weighted by atomic mass is 16.4. The van der Waals surface area contributed by atoms with Gasteiger partial charge in [-0.15, -0.1) is 0 Å². The summed E-state index contributed by atoms with van der Waals surface area (Å²) < 4.78 is 0. The van der Waals surface area contributed by atoms with Gasteiger partial charge in [0.15, 0.2) is 0 Å². The molecule has 0 unspecified atom stereocenters. The molecule has 0 fully saturated rings. The number of aryl methyl sites for hydroxylation is 1. The van der Waals surface area contributed by atoms with E-state index < -0.39 is 5.97 Å². The minimum atomic E-state index is -0.967. The first-order valence-electron chi connectivity index (χ1n) is 6.36. The van der Waals surface area contributed by atoms with E-state index in [2.05, 4.69) is 11.6 Å². The zero-order valence-electron chi connectivity index (χ0n) is 11.0. The lowest BCUT2D eigenvalue weighted by molar-refractivity contribution is 0.0690. The topological polar surface area (TPSA) is 50.2 Å². The van der Waals surface area contributed by atoms with Crippen LogP contribution in [0.5, 0.6) is 0 Å². The van der Waals surface area contributed by atoms with Gasteiger partial charge in [-0.05, 0) is 49.0 Å². The van der Waals surface area contributed by atoms with E-state index in [-0.39, 0.29) is 5.69 Å². The average molecular weight is 255 g/mol. The molecule has 0 spiro atoms. The molecule has 1 aromatic rings. The molecule has 1 aliphatic carbocycles. The number of hydrogen-bond donors (Lipinski definition) is 1. The van der Waals surface area contributed by atoms with Crippen LogP contribution in [0.15, 0.2) is 36.9 Å². The third-order valence-electron chi connectivity index (χ3n) is 3.28. The summed E-state index contributed by atoms with van der Waals surface area (Å²) in [6.45, 7) is 5.57. The summed E-state index contributed by atoms with van der Waals surface area (Å²) in [7, 11) is 0. The highest BCUT2D eigenvalue weighted by molar-refractivity contribution is 5.86. The number of carboxylic acids is 1. The largest absolute Gasteiger partial charge is 0.477 e. The minimum Gasteiger partial charge on any atom is -0.477 e. The molecule has 1 aliphatic rings. The second kappa shape index (κ2) is 5.65. The fraction of sp³-hybridized carbons (Fsp3) is 0.250.